The SMILES string of the molecule is CC[C@H]1O[C@@H](n2cnc3c(=O)[nH]c(C)nc32)C[C@H]1C. The van der Waals surface area contributed by atoms with Gasteiger partial charge in [-0.25, -0.2) is 9.97 Å². The Morgan fingerprint density at radius 1 is 1.58 bits per heavy atom. The van der Waals surface area contributed by atoms with E-state index in [1.54, 1.807) is 13.3 Å². The number of ether oxygens (including phenoxy) is 1. The van der Waals surface area contributed by atoms with Gasteiger partial charge in [0.1, 0.15) is 12.1 Å². The van der Waals surface area contributed by atoms with Crippen molar-refractivity contribution in [2.24, 2.45) is 5.92 Å². The molecule has 0 saturated carbocycles. The van der Waals surface area contributed by atoms with Crippen LogP contribution >= 0.6 is 0 Å². The van der Waals surface area contributed by atoms with E-state index in [0.717, 1.165) is 12.8 Å². The Labute approximate surface area is 110 Å². The molecule has 3 heterocycles. The molecular formula is C13H18N4O2. The van der Waals surface area contributed by atoms with Gasteiger partial charge in [-0.2, -0.15) is 0 Å². The molecule has 6 heteroatoms. The first-order valence-electron chi connectivity index (χ1n) is 6.69. The Hall–Kier alpha value is -1.69. The number of fused-ring (bicyclic) bond motifs is 1. The molecule has 0 spiro atoms. The molecule has 1 saturated heterocycles. The fourth-order valence-electron chi connectivity index (χ4n) is 2.79. The fraction of sp³-hybridized carbons (Fsp3) is 0.615. The summed E-state index contributed by atoms with van der Waals surface area (Å²) in [6.45, 7) is 6.09. The molecule has 0 aliphatic carbocycles. The number of aromatic amines is 1. The molecule has 0 bridgehead atoms. The van der Waals surface area contributed by atoms with Crippen LogP contribution in [0.4, 0.5) is 0 Å². The van der Waals surface area contributed by atoms with Gasteiger partial charge in [0.05, 0.1) is 12.4 Å². The molecular weight excluding hydrogens is 244 g/mol. The van der Waals surface area contributed by atoms with Gasteiger partial charge in [0.15, 0.2) is 11.2 Å². The van der Waals surface area contributed by atoms with Gasteiger partial charge in [-0.3, -0.25) is 9.36 Å². The summed E-state index contributed by atoms with van der Waals surface area (Å²) in [4.78, 5) is 23.0. The van der Waals surface area contributed by atoms with Crippen LogP contribution in [0.2, 0.25) is 0 Å². The molecule has 3 rings (SSSR count). The summed E-state index contributed by atoms with van der Waals surface area (Å²) in [5.41, 5.74) is 0.788. The van der Waals surface area contributed by atoms with Crippen LogP contribution in [0.1, 0.15) is 38.7 Å². The molecule has 2 aromatic heterocycles. The van der Waals surface area contributed by atoms with Gasteiger partial charge in [-0.1, -0.05) is 13.8 Å². The zero-order valence-electron chi connectivity index (χ0n) is 11.4. The van der Waals surface area contributed by atoms with Gasteiger partial charge < -0.3 is 9.72 Å². The van der Waals surface area contributed by atoms with Crippen molar-refractivity contribution in [2.75, 3.05) is 0 Å². The third-order valence-corrected chi connectivity index (χ3v) is 3.80. The van der Waals surface area contributed by atoms with Crippen molar-refractivity contribution >= 4 is 11.2 Å². The topological polar surface area (TPSA) is 72.8 Å². The van der Waals surface area contributed by atoms with Crippen LogP contribution in [-0.4, -0.2) is 25.6 Å². The van der Waals surface area contributed by atoms with E-state index < -0.39 is 0 Å². The maximum absolute atomic E-state index is 11.8. The quantitative estimate of drug-likeness (QED) is 0.895. The summed E-state index contributed by atoms with van der Waals surface area (Å²) in [5, 5.41) is 0. The van der Waals surface area contributed by atoms with Crippen LogP contribution in [-0.2, 0) is 4.74 Å². The standard InChI is InChI=1S/C13H18N4O2/c1-4-9-7(2)5-10(19-9)17-6-14-11-12(17)15-8(3)16-13(11)18/h6-7,9-10H,4-5H2,1-3H3,(H,15,16,18)/t7-,9-,10-/m1/s1. The van der Waals surface area contributed by atoms with Crippen LogP contribution in [0, 0.1) is 12.8 Å². The highest BCUT2D eigenvalue weighted by molar-refractivity contribution is 5.69. The van der Waals surface area contributed by atoms with E-state index in [9.17, 15) is 4.79 Å². The molecule has 1 aliphatic heterocycles. The Kier molecular flexibility index (Phi) is 2.89. The van der Waals surface area contributed by atoms with Crippen LogP contribution in [0.15, 0.2) is 11.1 Å². The van der Waals surface area contributed by atoms with Crippen molar-refractivity contribution in [3.8, 4) is 0 Å². The lowest BCUT2D eigenvalue weighted by Crippen LogP contribution is -2.14. The molecule has 1 fully saturated rings. The van der Waals surface area contributed by atoms with Crippen LogP contribution in [0.25, 0.3) is 11.2 Å². The third kappa shape index (κ3) is 1.96. The van der Waals surface area contributed by atoms with E-state index in [2.05, 4.69) is 28.8 Å². The average Bonchev–Trinajstić information content (AvgIpc) is 2.92. The number of aryl methyl sites for hydroxylation is 1. The van der Waals surface area contributed by atoms with Gasteiger partial charge in [-0.15, -0.1) is 0 Å². The van der Waals surface area contributed by atoms with Crippen molar-refractivity contribution in [2.45, 2.75) is 45.9 Å². The molecule has 102 valence electrons. The van der Waals surface area contributed by atoms with E-state index in [4.69, 9.17) is 4.74 Å². The highest BCUT2D eigenvalue weighted by Gasteiger charge is 2.33. The van der Waals surface area contributed by atoms with Crippen molar-refractivity contribution in [3.05, 3.63) is 22.5 Å². The van der Waals surface area contributed by atoms with E-state index in [0.29, 0.717) is 22.9 Å². The number of hydrogen-bond acceptors (Lipinski definition) is 4. The first kappa shape index (κ1) is 12.3. The molecule has 0 radical (unpaired) electrons. The monoisotopic (exact) mass is 262 g/mol. The predicted molar refractivity (Wildman–Crippen MR) is 70.9 cm³/mol. The van der Waals surface area contributed by atoms with Crippen molar-refractivity contribution in [1.29, 1.82) is 0 Å². The summed E-state index contributed by atoms with van der Waals surface area (Å²) in [7, 11) is 0. The van der Waals surface area contributed by atoms with E-state index in [-0.39, 0.29) is 17.9 Å². The normalized spacial score (nSPS) is 27.2. The number of aromatic nitrogens is 4. The van der Waals surface area contributed by atoms with Crippen LogP contribution in [0.3, 0.4) is 0 Å². The maximum Gasteiger partial charge on any atom is 0.279 e. The lowest BCUT2D eigenvalue weighted by Gasteiger charge is -2.14. The second kappa shape index (κ2) is 4.45. The van der Waals surface area contributed by atoms with Gasteiger partial charge in [0.2, 0.25) is 0 Å². The first-order valence-corrected chi connectivity index (χ1v) is 6.69. The second-order valence-electron chi connectivity index (χ2n) is 5.23. The van der Waals surface area contributed by atoms with E-state index in [1.165, 1.54) is 0 Å². The predicted octanol–water partition coefficient (Wildman–Crippen LogP) is 1.76. The summed E-state index contributed by atoms with van der Waals surface area (Å²) in [6.07, 6.45) is 3.78. The summed E-state index contributed by atoms with van der Waals surface area (Å²) in [6, 6.07) is 0. The minimum Gasteiger partial charge on any atom is -0.354 e. The van der Waals surface area contributed by atoms with E-state index >= 15 is 0 Å². The molecule has 0 aromatic carbocycles. The minimum atomic E-state index is -0.195. The lowest BCUT2D eigenvalue weighted by atomic mass is 10.0. The van der Waals surface area contributed by atoms with Gasteiger partial charge in [0, 0.05) is 0 Å². The molecule has 0 unspecified atom stereocenters. The lowest BCUT2D eigenvalue weighted by molar-refractivity contribution is -0.00305. The highest BCUT2D eigenvalue weighted by Crippen LogP contribution is 2.35. The zero-order valence-corrected chi connectivity index (χ0v) is 11.4. The number of nitrogens with one attached hydrogen (secondary N) is 1. The van der Waals surface area contributed by atoms with Gasteiger partial charge in [-0.05, 0) is 25.7 Å². The molecule has 0 amide bonds. The van der Waals surface area contributed by atoms with Gasteiger partial charge in [0.25, 0.3) is 5.56 Å². The Balaban J connectivity index is 2.05. The van der Waals surface area contributed by atoms with Crippen LogP contribution < -0.4 is 5.56 Å². The average molecular weight is 262 g/mol. The molecule has 19 heavy (non-hydrogen) atoms. The fourth-order valence-corrected chi connectivity index (χ4v) is 2.79. The largest absolute Gasteiger partial charge is 0.354 e. The maximum atomic E-state index is 11.8. The number of rotatable bonds is 2. The molecule has 1 N–H and O–H groups in total. The Morgan fingerprint density at radius 3 is 3.05 bits per heavy atom. The molecule has 2 aromatic rings. The van der Waals surface area contributed by atoms with Crippen molar-refractivity contribution in [1.82, 2.24) is 19.5 Å². The first-order chi connectivity index (χ1) is 9.10. The van der Waals surface area contributed by atoms with Crippen LogP contribution in [0.5, 0.6) is 0 Å². The Morgan fingerprint density at radius 2 is 2.37 bits per heavy atom. The smallest absolute Gasteiger partial charge is 0.279 e. The minimum absolute atomic E-state index is 0.0707. The molecule has 3 atom stereocenters. The Bertz CT molecular complexity index is 660. The van der Waals surface area contributed by atoms with Gasteiger partial charge >= 0.3 is 0 Å². The second-order valence-corrected chi connectivity index (χ2v) is 5.23. The van der Waals surface area contributed by atoms with Crippen molar-refractivity contribution in [3.63, 3.8) is 0 Å². The third-order valence-electron chi connectivity index (χ3n) is 3.80. The molecule has 1 aliphatic rings. The summed E-state index contributed by atoms with van der Waals surface area (Å²) in [5.74, 6) is 1.10. The number of H-pyrrole nitrogens is 1. The zero-order chi connectivity index (χ0) is 13.6. The van der Waals surface area contributed by atoms with Crippen molar-refractivity contribution < 1.29 is 4.74 Å². The van der Waals surface area contributed by atoms with E-state index in [1.807, 2.05) is 4.57 Å². The molecule has 6 nitrogen and oxygen atoms in total. The summed E-state index contributed by atoms with van der Waals surface area (Å²) < 4.78 is 7.90. The number of hydrogen-bond donors (Lipinski definition) is 1. The highest BCUT2D eigenvalue weighted by atomic mass is 16.5. The number of nitrogens with zero attached hydrogens (tertiary/aromatic N) is 3. The number of imidazole rings is 1. The summed E-state index contributed by atoms with van der Waals surface area (Å²) >= 11 is 0.